The van der Waals surface area contributed by atoms with Gasteiger partial charge in [-0.25, -0.2) is 4.39 Å². The maximum absolute atomic E-state index is 13.8. The number of hydrogen-bond donors (Lipinski definition) is 0. The lowest BCUT2D eigenvalue weighted by molar-refractivity contribution is 0.621. The molecule has 0 bridgehead atoms. The second-order valence-corrected chi connectivity index (χ2v) is 5.29. The molecule has 0 radical (unpaired) electrons. The van der Waals surface area contributed by atoms with Gasteiger partial charge in [-0.2, -0.15) is 0 Å². The first-order chi connectivity index (χ1) is 8.63. The van der Waals surface area contributed by atoms with Crippen LogP contribution in [0.3, 0.4) is 0 Å². The fraction of sp³-hybridized carbons (Fsp3) is 0.214. The van der Waals surface area contributed by atoms with Gasteiger partial charge in [0, 0.05) is 23.1 Å². The summed E-state index contributed by atoms with van der Waals surface area (Å²) in [6.07, 6.45) is 3.60. The van der Waals surface area contributed by atoms with E-state index in [0.717, 1.165) is 23.7 Å². The van der Waals surface area contributed by atoms with Crippen molar-refractivity contribution >= 4 is 32.9 Å². The molecule has 0 N–H and O–H groups in total. The average Bonchev–Trinajstić information content (AvgIpc) is 3.16. The lowest BCUT2D eigenvalue weighted by Crippen LogP contribution is -2.19. The van der Waals surface area contributed by atoms with E-state index < -0.39 is 0 Å². The number of aromatic nitrogens is 1. The SMILES string of the molecule is C=Cc1c(Br)c(F)cc2ccc(=O)n(C3CC3)c12. The molecule has 92 valence electrons. The number of nitrogens with zero attached hydrogens (tertiary/aromatic N) is 1. The number of fused-ring (bicyclic) bond motifs is 1. The van der Waals surface area contributed by atoms with E-state index in [2.05, 4.69) is 22.5 Å². The molecule has 18 heavy (non-hydrogen) atoms. The summed E-state index contributed by atoms with van der Waals surface area (Å²) in [7, 11) is 0. The summed E-state index contributed by atoms with van der Waals surface area (Å²) in [4.78, 5) is 12.0. The molecule has 0 aliphatic heterocycles. The van der Waals surface area contributed by atoms with Crippen LogP contribution in [0.25, 0.3) is 17.0 Å². The molecular formula is C14H11BrFNO. The molecule has 1 heterocycles. The molecule has 0 atom stereocenters. The van der Waals surface area contributed by atoms with Crippen molar-refractivity contribution in [2.45, 2.75) is 18.9 Å². The summed E-state index contributed by atoms with van der Waals surface area (Å²) in [6.45, 7) is 3.72. The van der Waals surface area contributed by atoms with Crippen molar-refractivity contribution in [3.8, 4) is 0 Å². The highest BCUT2D eigenvalue weighted by Gasteiger charge is 2.27. The van der Waals surface area contributed by atoms with Gasteiger partial charge in [0.2, 0.25) is 0 Å². The van der Waals surface area contributed by atoms with Gasteiger partial charge in [0.15, 0.2) is 0 Å². The van der Waals surface area contributed by atoms with Crippen molar-refractivity contribution in [3.63, 3.8) is 0 Å². The van der Waals surface area contributed by atoms with Gasteiger partial charge >= 0.3 is 0 Å². The van der Waals surface area contributed by atoms with Crippen LogP contribution in [0.15, 0.2) is 34.0 Å². The van der Waals surface area contributed by atoms with Crippen molar-refractivity contribution in [1.82, 2.24) is 4.57 Å². The summed E-state index contributed by atoms with van der Waals surface area (Å²) in [6, 6.07) is 4.86. The molecule has 0 unspecified atom stereocenters. The number of halogens is 2. The molecule has 1 aliphatic carbocycles. The largest absolute Gasteiger partial charge is 0.305 e. The van der Waals surface area contributed by atoms with E-state index in [0.29, 0.717) is 10.0 Å². The first-order valence-electron chi connectivity index (χ1n) is 5.79. The van der Waals surface area contributed by atoms with E-state index in [4.69, 9.17) is 0 Å². The van der Waals surface area contributed by atoms with Crippen molar-refractivity contribution in [2.75, 3.05) is 0 Å². The second-order valence-electron chi connectivity index (χ2n) is 4.50. The average molecular weight is 308 g/mol. The highest BCUT2D eigenvalue weighted by Crippen LogP contribution is 2.38. The maximum atomic E-state index is 13.8. The second kappa shape index (κ2) is 4.05. The number of rotatable bonds is 2. The first-order valence-corrected chi connectivity index (χ1v) is 6.58. The number of pyridine rings is 1. The Bertz CT molecular complexity index is 716. The molecule has 0 spiro atoms. The van der Waals surface area contributed by atoms with Crippen LogP contribution in [0.1, 0.15) is 24.4 Å². The summed E-state index contributed by atoms with van der Waals surface area (Å²) in [5.74, 6) is -0.335. The third-order valence-corrected chi connectivity index (χ3v) is 4.06. The quantitative estimate of drug-likeness (QED) is 0.825. The van der Waals surface area contributed by atoms with E-state index in [1.54, 1.807) is 16.7 Å². The molecule has 1 fully saturated rings. The Balaban J connectivity index is 2.52. The van der Waals surface area contributed by atoms with Gasteiger partial charge in [0.05, 0.1) is 9.99 Å². The predicted octanol–water partition coefficient (Wildman–Crippen LogP) is 3.88. The minimum atomic E-state index is -0.335. The van der Waals surface area contributed by atoms with E-state index >= 15 is 0 Å². The van der Waals surface area contributed by atoms with Crippen LogP contribution >= 0.6 is 15.9 Å². The standard InChI is InChI=1S/C14H11BrFNO/c1-2-10-13(15)11(16)7-8-3-6-12(18)17(14(8)10)9-4-5-9/h2-3,6-7,9H,1,4-5H2. The van der Waals surface area contributed by atoms with Crippen molar-refractivity contribution in [3.05, 3.63) is 51.0 Å². The number of benzene rings is 1. The Labute approximate surface area is 112 Å². The van der Waals surface area contributed by atoms with Crippen molar-refractivity contribution in [2.24, 2.45) is 0 Å². The molecule has 1 aromatic carbocycles. The zero-order chi connectivity index (χ0) is 12.9. The lowest BCUT2D eigenvalue weighted by atomic mass is 10.1. The van der Waals surface area contributed by atoms with Crippen LogP contribution in [0.4, 0.5) is 4.39 Å². The Morgan fingerprint density at radius 1 is 1.44 bits per heavy atom. The smallest absolute Gasteiger partial charge is 0.251 e. The molecule has 3 rings (SSSR count). The summed E-state index contributed by atoms with van der Waals surface area (Å²) >= 11 is 3.23. The van der Waals surface area contributed by atoms with Gasteiger partial charge in [-0.05, 0) is 40.9 Å². The van der Waals surface area contributed by atoms with Gasteiger partial charge in [-0.1, -0.05) is 12.7 Å². The maximum Gasteiger partial charge on any atom is 0.251 e. The van der Waals surface area contributed by atoms with Gasteiger partial charge in [-0.15, -0.1) is 0 Å². The Hall–Kier alpha value is -1.42. The van der Waals surface area contributed by atoms with Crippen molar-refractivity contribution < 1.29 is 4.39 Å². The van der Waals surface area contributed by atoms with Gasteiger partial charge in [0.1, 0.15) is 5.82 Å². The summed E-state index contributed by atoms with van der Waals surface area (Å²) in [5, 5.41) is 0.733. The lowest BCUT2D eigenvalue weighted by Gasteiger charge is -2.13. The highest BCUT2D eigenvalue weighted by atomic mass is 79.9. The molecule has 4 heteroatoms. The van der Waals surface area contributed by atoms with E-state index in [9.17, 15) is 9.18 Å². The van der Waals surface area contributed by atoms with Crippen LogP contribution < -0.4 is 5.56 Å². The molecule has 1 aromatic heterocycles. The fourth-order valence-electron chi connectivity index (χ4n) is 2.29. The highest BCUT2D eigenvalue weighted by molar-refractivity contribution is 9.10. The summed E-state index contributed by atoms with van der Waals surface area (Å²) < 4.78 is 15.9. The molecule has 2 nitrogen and oxygen atoms in total. The fourth-order valence-corrected chi connectivity index (χ4v) is 2.75. The zero-order valence-corrected chi connectivity index (χ0v) is 11.2. The molecule has 1 aliphatic rings. The molecule has 0 amide bonds. The molecule has 0 saturated heterocycles. The Morgan fingerprint density at radius 2 is 2.17 bits per heavy atom. The topological polar surface area (TPSA) is 22.0 Å². The summed E-state index contributed by atoms with van der Waals surface area (Å²) in [5.41, 5.74) is 1.38. The molecule has 1 saturated carbocycles. The zero-order valence-electron chi connectivity index (χ0n) is 9.62. The van der Waals surface area contributed by atoms with E-state index in [1.165, 1.54) is 12.1 Å². The molecular weight excluding hydrogens is 297 g/mol. The minimum absolute atomic E-state index is 0.0355. The Morgan fingerprint density at radius 3 is 2.78 bits per heavy atom. The van der Waals surface area contributed by atoms with Gasteiger partial charge < -0.3 is 4.57 Å². The van der Waals surface area contributed by atoms with Crippen LogP contribution in [-0.4, -0.2) is 4.57 Å². The third kappa shape index (κ3) is 1.63. The minimum Gasteiger partial charge on any atom is -0.305 e. The monoisotopic (exact) mass is 307 g/mol. The third-order valence-electron chi connectivity index (χ3n) is 3.26. The van der Waals surface area contributed by atoms with Crippen LogP contribution in [0.5, 0.6) is 0 Å². The van der Waals surface area contributed by atoms with E-state index in [1.807, 2.05) is 0 Å². The number of hydrogen-bond acceptors (Lipinski definition) is 1. The van der Waals surface area contributed by atoms with Crippen LogP contribution in [-0.2, 0) is 0 Å². The van der Waals surface area contributed by atoms with Crippen LogP contribution in [0, 0.1) is 5.82 Å². The first kappa shape index (κ1) is 11.7. The van der Waals surface area contributed by atoms with Crippen molar-refractivity contribution in [1.29, 1.82) is 0 Å². The van der Waals surface area contributed by atoms with E-state index in [-0.39, 0.29) is 17.4 Å². The Kier molecular flexibility index (Phi) is 2.63. The molecule has 2 aromatic rings. The van der Waals surface area contributed by atoms with Gasteiger partial charge in [-0.3, -0.25) is 4.79 Å². The van der Waals surface area contributed by atoms with Gasteiger partial charge in [0.25, 0.3) is 5.56 Å². The normalized spacial score (nSPS) is 15.0. The predicted molar refractivity (Wildman–Crippen MR) is 74.2 cm³/mol. The van der Waals surface area contributed by atoms with Crippen LogP contribution in [0.2, 0.25) is 0 Å².